The smallest absolute Gasteiger partial charge is 0.257 e. The van der Waals surface area contributed by atoms with Crippen molar-refractivity contribution in [3.63, 3.8) is 0 Å². The number of thioether (sulfide) groups is 1. The lowest BCUT2D eigenvalue weighted by atomic mass is 10.1. The minimum atomic E-state index is -4.00. The molecule has 0 saturated carbocycles. The van der Waals surface area contributed by atoms with Gasteiger partial charge in [-0.25, -0.2) is 13.6 Å². The average Bonchev–Trinajstić information content (AvgIpc) is 2.67. The summed E-state index contributed by atoms with van der Waals surface area (Å²) in [5.74, 6) is 0.268. The van der Waals surface area contributed by atoms with E-state index in [2.05, 4.69) is 10.3 Å². The lowest BCUT2D eigenvalue weighted by Gasteiger charge is -2.10. The number of nitrogens with two attached hydrogens (primary N) is 1. The number of hydrogen-bond acceptors (Lipinski definition) is 5. The number of aromatic nitrogens is 1. The van der Waals surface area contributed by atoms with Gasteiger partial charge in [0.05, 0.1) is 10.5 Å². The van der Waals surface area contributed by atoms with E-state index < -0.39 is 15.9 Å². The molecule has 0 fully saturated rings. The van der Waals surface area contributed by atoms with Crippen LogP contribution in [0.3, 0.4) is 0 Å². The zero-order valence-electron chi connectivity index (χ0n) is 15.1. The van der Waals surface area contributed by atoms with Crippen LogP contribution in [-0.4, -0.2) is 19.3 Å². The van der Waals surface area contributed by atoms with Crippen molar-refractivity contribution in [3.05, 3.63) is 83.7 Å². The molecule has 0 radical (unpaired) electrons. The fraction of sp³-hybridized carbons (Fsp3) is 0.100. The van der Waals surface area contributed by atoms with Crippen LogP contribution in [0.15, 0.2) is 76.8 Å². The molecular formula is C20H19N3O3S2. The van der Waals surface area contributed by atoms with Gasteiger partial charge >= 0.3 is 0 Å². The molecule has 0 bridgehead atoms. The van der Waals surface area contributed by atoms with Gasteiger partial charge < -0.3 is 5.32 Å². The minimum Gasteiger partial charge on any atom is -0.322 e. The van der Waals surface area contributed by atoms with Crippen molar-refractivity contribution in [1.82, 2.24) is 4.98 Å². The second-order valence-corrected chi connectivity index (χ2v) is 8.75. The molecule has 0 aliphatic rings. The van der Waals surface area contributed by atoms with Gasteiger partial charge in [-0.3, -0.25) is 9.78 Å². The number of anilines is 1. The quantitative estimate of drug-likeness (QED) is 0.601. The van der Waals surface area contributed by atoms with E-state index in [1.165, 1.54) is 12.1 Å². The predicted octanol–water partition coefficient (Wildman–Crippen LogP) is 3.58. The van der Waals surface area contributed by atoms with Crippen LogP contribution in [-0.2, 0) is 15.8 Å². The summed E-state index contributed by atoms with van der Waals surface area (Å²) in [5.41, 5.74) is 2.48. The third kappa shape index (κ3) is 5.19. The summed E-state index contributed by atoms with van der Waals surface area (Å²) in [5, 5.41) is 7.95. The molecule has 0 aliphatic heterocycles. The first-order valence-electron chi connectivity index (χ1n) is 8.39. The average molecular weight is 414 g/mol. The summed E-state index contributed by atoms with van der Waals surface area (Å²) >= 11 is 1.66. The normalized spacial score (nSPS) is 11.2. The zero-order valence-corrected chi connectivity index (χ0v) is 16.8. The highest BCUT2D eigenvalue weighted by atomic mass is 32.2. The van der Waals surface area contributed by atoms with E-state index >= 15 is 0 Å². The van der Waals surface area contributed by atoms with Crippen LogP contribution in [0.5, 0.6) is 0 Å². The number of sulfonamides is 1. The van der Waals surface area contributed by atoms with Crippen molar-refractivity contribution in [2.24, 2.45) is 5.14 Å². The molecule has 0 aliphatic carbocycles. The monoisotopic (exact) mass is 413 g/mol. The maximum atomic E-state index is 12.6. The molecule has 1 heterocycles. The zero-order chi connectivity index (χ0) is 20.1. The number of pyridine rings is 1. The standard InChI is InChI=1S/C20H19N3O3S2/c1-14-4-9-19(28(21,25)26)18(11-14)20(24)23-16-5-7-17(8-6-16)27-13-15-3-2-10-22-12-15/h2-12H,13H2,1H3,(H,23,24)(H2,21,25,26). The molecule has 3 aromatic rings. The molecule has 1 aromatic heterocycles. The molecule has 6 nitrogen and oxygen atoms in total. The van der Waals surface area contributed by atoms with Crippen molar-refractivity contribution < 1.29 is 13.2 Å². The molecule has 28 heavy (non-hydrogen) atoms. The highest BCUT2D eigenvalue weighted by Gasteiger charge is 2.19. The number of benzene rings is 2. The van der Waals surface area contributed by atoms with E-state index in [1.54, 1.807) is 43.1 Å². The summed E-state index contributed by atoms with van der Waals surface area (Å²) in [7, 11) is -4.00. The molecule has 1 amide bonds. The van der Waals surface area contributed by atoms with Gasteiger partial charge in [0.15, 0.2) is 0 Å². The van der Waals surface area contributed by atoms with Crippen LogP contribution < -0.4 is 10.5 Å². The summed E-state index contributed by atoms with van der Waals surface area (Å²) in [4.78, 5) is 17.5. The molecule has 0 saturated heterocycles. The Balaban J connectivity index is 1.71. The lowest BCUT2D eigenvalue weighted by molar-refractivity contribution is 0.102. The van der Waals surface area contributed by atoms with E-state index in [-0.39, 0.29) is 10.5 Å². The van der Waals surface area contributed by atoms with Gasteiger partial charge in [0.25, 0.3) is 5.91 Å². The van der Waals surface area contributed by atoms with Gasteiger partial charge in [0.2, 0.25) is 10.0 Å². The first-order valence-corrected chi connectivity index (χ1v) is 10.9. The van der Waals surface area contributed by atoms with E-state index in [0.717, 1.165) is 21.8 Å². The number of carbonyl (C=O) groups is 1. The van der Waals surface area contributed by atoms with Gasteiger partial charge in [-0.15, -0.1) is 11.8 Å². The summed E-state index contributed by atoms with van der Waals surface area (Å²) in [6.45, 7) is 1.78. The molecular weight excluding hydrogens is 394 g/mol. The van der Waals surface area contributed by atoms with Crippen LogP contribution in [0.25, 0.3) is 0 Å². The molecule has 3 N–H and O–H groups in total. The molecule has 0 unspecified atom stereocenters. The van der Waals surface area contributed by atoms with Crippen molar-refractivity contribution in [2.45, 2.75) is 22.5 Å². The fourth-order valence-electron chi connectivity index (χ4n) is 2.55. The summed E-state index contributed by atoms with van der Waals surface area (Å²) < 4.78 is 23.5. The molecule has 2 aromatic carbocycles. The van der Waals surface area contributed by atoms with E-state index in [9.17, 15) is 13.2 Å². The Morgan fingerprint density at radius 2 is 1.89 bits per heavy atom. The second-order valence-electron chi connectivity index (χ2n) is 6.17. The molecule has 8 heteroatoms. The van der Waals surface area contributed by atoms with Gasteiger partial charge in [-0.1, -0.05) is 17.7 Å². The Hall–Kier alpha value is -2.68. The van der Waals surface area contributed by atoms with Crippen LogP contribution in [0.2, 0.25) is 0 Å². The SMILES string of the molecule is Cc1ccc(S(N)(=O)=O)c(C(=O)Nc2ccc(SCc3cccnc3)cc2)c1. The van der Waals surface area contributed by atoms with E-state index in [0.29, 0.717) is 5.69 Å². The van der Waals surface area contributed by atoms with Crippen molar-refractivity contribution in [2.75, 3.05) is 5.32 Å². The van der Waals surface area contributed by atoms with E-state index in [4.69, 9.17) is 5.14 Å². The number of primary sulfonamides is 1. The Morgan fingerprint density at radius 3 is 2.54 bits per heavy atom. The maximum Gasteiger partial charge on any atom is 0.257 e. The number of hydrogen-bond donors (Lipinski definition) is 2. The maximum absolute atomic E-state index is 12.6. The largest absolute Gasteiger partial charge is 0.322 e. The summed E-state index contributed by atoms with van der Waals surface area (Å²) in [6.07, 6.45) is 3.56. The van der Waals surface area contributed by atoms with Crippen molar-refractivity contribution >= 4 is 33.4 Å². The number of rotatable bonds is 6. The topological polar surface area (TPSA) is 102 Å². The molecule has 3 rings (SSSR count). The van der Waals surface area contributed by atoms with Gasteiger partial charge in [-0.2, -0.15) is 0 Å². The first-order chi connectivity index (χ1) is 13.3. The van der Waals surface area contributed by atoms with Gasteiger partial charge in [0, 0.05) is 28.7 Å². The van der Waals surface area contributed by atoms with Crippen molar-refractivity contribution in [3.8, 4) is 0 Å². The molecule has 144 valence electrons. The number of amides is 1. The highest BCUT2D eigenvalue weighted by Crippen LogP contribution is 2.24. The Bertz CT molecular complexity index is 1080. The van der Waals surface area contributed by atoms with E-state index in [1.807, 2.05) is 30.5 Å². The number of nitrogens with zero attached hydrogens (tertiary/aromatic N) is 1. The lowest BCUT2D eigenvalue weighted by Crippen LogP contribution is -2.20. The number of carbonyl (C=O) groups excluding carboxylic acids is 1. The Morgan fingerprint density at radius 1 is 1.14 bits per heavy atom. The minimum absolute atomic E-state index is 0.0255. The summed E-state index contributed by atoms with van der Waals surface area (Å²) in [6, 6.07) is 15.7. The predicted molar refractivity (Wildman–Crippen MR) is 111 cm³/mol. The molecule has 0 atom stereocenters. The Kier molecular flexibility index (Phi) is 6.13. The fourth-order valence-corrected chi connectivity index (χ4v) is 4.10. The van der Waals surface area contributed by atoms with Crippen LogP contribution in [0.1, 0.15) is 21.5 Å². The first kappa shape index (κ1) is 20.1. The number of aryl methyl sites for hydroxylation is 1. The highest BCUT2D eigenvalue weighted by molar-refractivity contribution is 7.98. The van der Waals surface area contributed by atoms with Crippen LogP contribution in [0.4, 0.5) is 5.69 Å². The van der Waals surface area contributed by atoms with Gasteiger partial charge in [0.1, 0.15) is 0 Å². The van der Waals surface area contributed by atoms with Crippen LogP contribution in [0, 0.1) is 6.92 Å². The third-order valence-electron chi connectivity index (χ3n) is 3.93. The molecule has 0 spiro atoms. The Labute approximate surface area is 168 Å². The number of nitrogens with one attached hydrogen (secondary N) is 1. The van der Waals surface area contributed by atoms with Gasteiger partial charge in [-0.05, 0) is 55.0 Å². The van der Waals surface area contributed by atoms with Crippen LogP contribution >= 0.6 is 11.8 Å². The van der Waals surface area contributed by atoms with Crippen molar-refractivity contribution in [1.29, 1.82) is 0 Å². The third-order valence-corrected chi connectivity index (χ3v) is 5.98. The second kappa shape index (κ2) is 8.55.